The Morgan fingerprint density at radius 1 is 0.680 bits per heavy atom. The van der Waals surface area contributed by atoms with E-state index in [9.17, 15) is 18.4 Å². The number of carbonyl (C=O) groups excluding carboxylic acids is 2. The van der Waals surface area contributed by atoms with Crippen LogP contribution < -0.4 is 0 Å². The second-order valence-electron chi connectivity index (χ2n) is 11.2. The first-order chi connectivity index (χ1) is 24.2. The zero-order valence-corrected chi connectivity index (χ0v) is 28.1. The Balaban J connectivity index is 0.000000187. The van der Waals surface area contributed by atoms with Crippen LogP contribution in [0, 0.1) is 11.6 Å². The minimum atomic E-state index is -0.368. The monoisotopic (exact) mass is 708 g/mol. The third-order valence-corrected chi connectivity index (χ3v) is 8.32. The van der Waals surface area contributed by atoms with Crippen molar-refractivity contribution in [1.29, 1.82) is 0 Å². The number of hydrogen-bond donors (Lipinski definition) is 0. The van der Waals surface area contributed by atoms with Gasteiger partial charge in [-0.15, -0.1) is 0 Å². The molecule has 0 saturated carbocycles. The molecule has 50 heavy (non-hydrogen) atoms. The van der Waals surface area contributed by atoms with Crippen LogP contribution in [-0.2, 0) is 17.8 Å². The van der Waals surface area contributed by atoms with Crippen LogP contribution in [0.15, 0.2) is 109 Å². The van der Waals surface area contributed by atoms with E-state index in [1.165, 1.54) is 31.4 Å². The lowest BCUT2D eigenvalue weighted by atomic mass is 10.1. The number of esters is 1. The summed E-state index contributed by atoms with van der Waals surface area (Å²) in [5.41, 5.74) is 6.11. The number of fused-ring (bicyclic) bond motifs is 2. The minimum Gasteiger partial charge on any atom is -0.465 e. The quantitative estimate of drug-likeness (QED) is 0.116. The van der Waals surface area contributed by atoms with Crippen molar-refractivity contribution < 1.29 is 23.1 Å². The molecule has 5 aromatic carbocycles. The maximum absolute atomic E-state index is 13.2. The minimum absolute atomic E-state index is 0.269. The second kappa shape index (κ2) is 15.3. The molecule has 250 valence electrons. The molecule has 0 spiro atoms. The molecule has 0 aliphatic carbocycles. The standard InChI is InChI=1S/C24H18ClFN2O2.C15H10ClFN2O/c1-30-24(29)18-7-2-16(3-8-18)6-13-22-21-12-9-19(25)14-23(21)28(27-22)15-17-4-10-20(26)11-5-17;16-11-3-6-13-14(9-20)18-19(15(13)7-11)8-10-1-4-12(17)5-2-10/h2-14H,15H2,1H3;1-7,9H,8H2. The summed E-state index contributed by atoms with van der Waals surface area (Å²) in [7, 11) is 1.36. The van der Waals surface area contributed by atoms with Crippen LogP contribution in [0.3, 0.4) is 0 Å². The molecule has 0 radical (unpaired) electrons. The van der Waals surface area contributed by atoms with Crippen molar-refractivity contribution in [3.8, 4) is 0 Å². The van der Waals surface area contributed by atoms with Gasteiger partial charge < -0.3 is 4.74 Å². The number of carbonyl (C=O) groups is 2. The number of nitrogens with zero attached hydrogens (tertiary/aromatic N) is 4. The van der Waals surface area contributed by atoms with E-state index in [-0.39, 0.29) is 17.6 Å². The van der Waals surface area contributed by atoms with Crippen molar-refractivity contribution >= 4 is 69.4 Å². The predicted octanol–water partition coefficient (Wildman–Crippen LogP) is 9.52. The average Bonchev–Trinajstić information content (AvgIpc) is 3.65. The summed E-state index contributed by atoms with van der Waals surface area (Å²) in [5, 5.41) is 11.9. The Labute approximate surface area is 295 Å². The maximum Gasteiger partial charge on any atom is 0.337 e. The average molecular weight is 710 g/mol. The molecular formula is C39H28Cl2F2N4O3. The fraction of sp³-hybridized carbons (Fsp3) is 0.0769. The fourth-order valence-electron chi connectivity index (χ4n) is 5.35. The molecule has 11 heteroatoms. The van der Waals surface area contributed by atoms with E-state index in [1.54, 1.807) is 59.3 Å². The number of halogens is 4. The Bertz CT molecular complexity index is 2330. The van der Waals surface area contributed by atoms with Crippen LogP contribution in [0.5, 0.6) is 0 Å². The highest BCUT2D eigenvalue weighted by Gasteiger charge is 2.12. The SMILES string of the molecule is COC(=O)c1ccc(C=Cc2nn(Cc3ccc(F)cc3)c3cc(Cl)ccc23)cc1.O=Cc1nn(Cc2ccc(F)cc2)c2cc(Cl)ccc12. The highest BCUT2D eigenvalue weighted by atomic mass is 35.5. The lowest BCUT2D eigenvalue weighted by molar-refractivity contribution is 0.0600. The van der Waals surface area contributed by atoms with Crippen LogP contribution in [0.1, 0.15) is 43.2 Å². The molecule has 0 saturated heterocycles. The van der Waals surface area contributed by atoms with E-state index >= 15 is 0 Å². The van der Waals surface area contributed by atoms with Crippen LogP contribution in [0.4, 0.5) is 8.78 Å². The lowest BCUT2D eigenvalue weighted by Gasteiger charge is -2.04. The molecule has 7 nitrogen and oxygen atoms in total. The predicted molar refractivity (Wildman–Crippen MR) is 193 cm³/mol. The molecule has 0 amide bonds. The summed E-state index contributed by atoms with van der Waals surface area (Å²) >= 11 is 12.2. The lowest BCUT2D eigenvalue weighted by Crippen LogP contribution is -2.02. The first-order valence-electron chi connectivity index (χ1n) is 15.3. The summed E-state index contributed by atoms with van der Waals surface area (Å²) in [6, 6.07) is 30.6. The molecule has 7 rings (SSSR count). The smallest absolute Gasteiger partial charge is 0.337 e. The Hall–Kier alpha value is -5.64. The van der Waals surface area contributed by atoms with Gasteiger partial charge in [0.15, 0.2) is 6.29 Å². The van der Waals surface area contributed by atoms with Crippen molar-refractivity contribution in [3.63, 3.8) is 0 Å². The summed E-state index contributed by atoms with van der Waals surface area (Å²) in [5.74, 6) is -0.919. The van der Waals surface area contributed by atoms with Gasteiger partial charge in [-0.05, 0) is 95.6 Å². The summed E-state index contributed by atoms with van der Waals surface area (Å²) in [6.07, 6.45) is 4.57. The van der Waals surface area contributed by atoms with Gasteiger partial charge in [0, 0.05) is 20.8 Å². The maximum atomic E-state index is 13.2. The number of methoxy groups -OCH3 is 1. The Morgan fingerprint density at radius 3 is 1.64 bits per heavy atom. The topological polar surface area (TPSA) is 79.0 Å². The molecule has 0 fully saturated rings. The highest BCUT2D eigenvalue weighted by Crippen LogP contribution is 2.26. The van der Waals surface area contributed by atoms with Crippen molar-refractivity contribution in [2.75, 3.05) is 7.11 Å². The molecule has 7 aromatic rings. The number of aromatic nitrogens is 4. The third-order valence-electron chi connectivity index (χ3n) is 7.85. The van der Waals surface area contributed by atoms with E-state index in [1.807, 2.05) is 47.2 Å². The number of hydrogen-bond acceptors (Lipinski definition) is 5. The molecule has 0 unspecified atom stereocenters. The highest BCUT2D eigenvalue weighted by molar-refractivity contribution is 6.31. The van der Waals surface area contributed by atoms with Crippen LogP contribution in [0.25, 0.3) is 34.0 Å². The van der Waals surface area contributed by atoms with Crippen LogP contribution >= 0.6 is 23.2 Å². The molecule has 2 aromatic heterocycles. The number of ether oxygens (including phenoxy) is 1. The largest absolute Gasteiger partial charge is 0.465 e. The van der Waals surface area contributed by atoms with E-state index in [4.69, 9.17) is 33.0 Å². The fourth-order valence-corrected chi connectivity index (χ4v) is 5.68. The third kappa shape index (κ3) is 7.97. The summed E-state index contributed by atoms with van der Waals surface area (Å²) in [6.45, 7) is 0.948. The number of rotatable bonds is 8. The van der Waals surface area contributed by atoms with Gasteiger partial charge in [0.1, 0.15) is 17.3 Å². The first-order valence-corrected chi connectivity index (χ1v) is 16.1. The van der Waals surface area contributed by atoms with Gasteiger partial charge >= 0.3 is 5.97 Å². The summed E-state index contributed by atoms with van der Waals surface area (Å²) < 4.78 is 34.4. The van der Waals surface area contributed by atoms with Crippen LogP contribution in [-0.4, -0.2) is 38.9 Å². The van der Waals surface area contributed by atoms with Gasteiger partial charge in [-0.3, -0.25) is 14.2 Å². The number of benzene rings is 5. The van der Waals surface area contributed by atoms with Gasteiger partial charge in [-0.2, -0.15) is 10.2 Å². The molecule has 0 aliphatic rings. The molecule has 2 heterocycles. The Kier molecular flexibility index (Phi) is 10.5. The molecular weight excluding hydrogens is 681 g/mol. The Morgan fingerprint density at radius 2 is 1.16 bits per heavy atom. The van der Waals surface area contributed by atoms with Crippen molar-refractivity contribution in [2.45, 2.75) is 13.1 Å². The zero-order valence-electron chi connectivity index (χ0n) is 26.6. The van der Waals surface area contributed by atoms with Crippen molar-refractivity contribution in [1.82, 2.24) is 19.6 Å². The van der Waals surface area contributed by atoms with Crippen molar-refractivity contribution in [2.24, 2.45) is 0 Å². The van der Waals surface area contributed by atoms with E-state index in [0.29, 0.717) is 34.4 Å². The van der Waals surface area contributed by atoms with E-state index in [2.05, 4.69) is 5.10 Å². The molecule has 0 bridgehead atoms. The first kappa shape index (κ1) is 34.2. The second-order valence-corrected chi connectivity index (χ2v) is 12.1. The molecule has 0 N–H and O–H groups in total. The van der Waals surface area contributed by atoms with Crippen molar-refractivity contribution in [3.05, 3.63) is 165 Å². The molecule has 0 atom stereocenters. The van der Waals surface area contributed by atoms with E-state index < -0.39 is 0 Å². The van der Waals surface area contributed by atoms with Gasteiger partial charge in [-0.25, -0.2) is 13.6 Å². The van der Waals surface area contributed by atoms with Gasteiger partial charge in [0.05, 0.1) is 42.5 Å². The zero-order chi connectivity index (χ0) is 35.2. The van der Waals surface area contributed by atoms with Gasteiger partial charge in [0.25, 0.3) is 0 Å². The summed E-state index contributed by atoms with van der Waals surface area (Å²) in [4.78, 5) is 22.6. The van der Waals surface area contributed by atoms with Crippen LogP contribution in [0.2, 0.25) is 10.0 Å². The van der Waals surface area contributed by atoms with Gasteiger partial charge in [0.2, 0.25) is 0 Å². The molecule has 0 aliphatic heterocycles. The normalized spacial score (nSPS) is 11.1. The number of aldehydes is 1. The van der Waals surface area contributed by atoms with E-state index in [0.717, 1.165) is 50.5 Å². The van der Waals surface area contributed by atoms with Gasteiger partial charge in [-0.1, -0.05) is 65.7 Å².